The molecule has 0 bridgehead atoms. The van der Waals surface area contributed by atoms with E-state index >= 15 is 0 Å². The van der Waals surface area contributed by atoms with Crippen LogP contribution in [0, 0.1) is 11.6 Å². The molecule has 0 aliphatic carbocycles. The van der Waals surface area contributed by atoms with Gasteiger partial charge in [0, 0.05) is 12.1 Å². The lowest BCUT2D eigenvalue weighted by atomic mass is 10.1. The summed E-state index contributed by atoms with van der Waals surface area (Å²) in [6.45, 7) is 3.73. The molecule has 124 valence electrons. The van der Waals surface area contributed by atoms with Gasteiger partial charge in [-0.2, -0.15) is 0 Å². The number of benzene rings is 1. The number of aromatic nitrogens is 1. The van der Waals surface area contributed by atoms with Crippen molar-refractivity contribution in [2.45, 2.75) is 24.7 Å². The Labute approximate surface area is 131 Å². The highest BCUT2D eigenvalue weighted by atomic mass is 32.2. The standard InChI is InChI=1S/C14H14F2N2O4S/c1-8(2)11-6-14(22-18-11)17-13(19)7-23(20,21)12-4-3-9(15)5-10(12)16/h3-6,8H,7H2,1-2H3,(H,17,19). The van der Waals surface area contributed by atoms with E-state index in [9.17, 15) is 22.0 Å². The molecule has 2 rings (SSSR count). The monoisotopic (exact) mass is 344 g/mol. The molecule has 0 fully saturated rings. The van der Waals surface area contributed by atoms with Gasteiger partial charge in [-0.1, -0.05) is 19.0 Å². The first-order chi connectivity index (χ1) is 10.7. The lowest BCUT2D eigenvalue weighted by Crippen LogP contribution is -2.23. The molecule has 0 unspecified atom stereocenters. The molecule has 9 heteroatoms. The summed E-state index contributed by atoms with van der Waals surface area (Å²) in [5.74, 6) is -4.02. The van der Waals surface area contributed by atoms with Gasteiger partial charge < -0.3 is 4.52 Å². The van der Waals surface area contributed by atoms with Crippen LogP contribution >= 0.6 is 0 Å². The molecule has 0 aliphatic heterocycles. The third-order valence-electron chi connectivity index (χ3n) is 2.93. The van der Waals surface area contributed by atoms with Gasteiger partial charge in [-0.05, 0) is 18.1 Å². The zero-order chi connectivity index (χ0) is 17.2. The minimum atomic E-state index is -4.25. The van der Waals surface area contributed by atoms with Gasteiger partial charge in [0.15, 0.2) is 9.84 Å². The highest BCUT2D eigenvalue weighted by Crippen LogP contribution is 2.19. The van der Waals surface area contributed by atoms with Crippen molar-refractivity contribution in [2.24, 2.45) is 0 Å². The van der Waals surface area contributed by atoms with Crippen molar-refractivity contribution < 1.29 is 26.5 Å². The van der Waals surface area contributed by atoms with E-state index in [0.717, 1.165) is 12.1 Å². The molecule has 0 radical (unpaired) electrons. The Kier molecular flexibility index (Phi) is 4.79. The number of carbonyl (C=O) groups is 1. The number of amides is 1. The lowest BCUT2D eigenvalue weighted by molar-refractivity contribution is -0.114. The fourth-order valence-corrected chi connectivity index (χ4v) is 2.98. The third-order valence-corrected chi connectivity index (χ3v) is 4.58. The number of sulfone groups is 1. The van der Waals surface area contributed by atoms with E-state index in [0.29, 0.717) is 11.8 Å². The summed E-state index contributed by atoms with van der Waals surface area (Å²) < 4.78 is 55.2. The van der Waals surface area contributed by atoms with Crippen molar-refractivity contribution in [1.82, 2.24) is 5.16 Å². The second-order valence-corrected chi connectivity index (χ2v) is 7.11. The Balaban J connectivity index is 2.11. The van der Waals surface area contributed by atoms with Gasteiger partial charge in [-0.25, -0.2) is 17.2 Å². The number of halogens is 2. The second kappa shape index (κ2) is 6.45. The van der Waals surface area contributed by atoms with Crippen LogP contribution < -0.4 is 5.32 Å². The maximum absolute atomic E-state index is 13.5. The SMILES string of the molecule is CC(C)c1cc(NC(=O)CS(=O)(=O)c2ccc(F)cc2F)on1. The number of nitrogens with one attached hydrogen (secondary N) is 1. The quantitative estimate of drug-likeness (QED) is 0.842. The molecule has 0 saturated carbocycles. The summed E-state index contributed by atoms with van der Waals surface area (Å²) >= 11 is 0. The Bertz CT molecular complexity index is 831. The molecule has 0 atom stereocenters. The van der Waals surface area contributed by atoms with Gasteiger partial charge in [-0.15, -0.1) is 0 Å². The molecule has 1 amide bonds. The number of anilines is 1. The fourth-order valence-electron chi connectivity index (χ4n) is 1.77. The number of hydrogen-bond donors (Lipinski definition) is 1. The average Bonchev–Trinajstić information content (AvgIpc) is 2.85. The van der Waals surface area contributed by atoms with E-state index < -0.39 is 38.0 Å². The van der Waals surface area contributed by atoms with Crippen LogP contribution in [0.25, 0.3) is 0 Å². The van der Waals surface area contributed by atoms with Gasteiger partial charge in [0.1, 0.15) is 22.3 Å². The van der Waals surface area contributed by atoms with Crippen LogP contribution in [0.1, 0.15) is 25.5 Å². The van der Waals surface area contributed by atoms with Crippen LogP contribution in [0.2, 0.25) is 0 Å². The van der Waals surface area contributed by atoms with Crippen LogP contribution in [0.4, 0.5) is 14.7 Å². The zero-order valence-corrected chi connectivity index (χ0v) is 13.2. The molecule has 23 heavy (non-hydrogen) atoms. The second-order valence-electron chi connectivity index (χ2n) is 5.15. The van der Waals surface area contributed by atoms with Crippen LogP contribution in [0.5, 0.6) is 0 Å². The van der Waals surface area contributed by atoms with Gasteiger partial charge in [0.25, 0.3) is 0 Å². The van der Waals surface area contributed by atoms with E-state index in [-0.39, 0.29) is 11.8 Å². The highest BCUT2D eigenvalue weighted by Gasteiger charge is 2.24. The van der Waals surface area contributed by atoms with Crippen LogP contribution in [-0.4, -0.2) is 25.2 Å². The van der Waals surface area contributed by atoms with Crippen molar-refractivity contribution >= 4 is 21.6 Å². The molecule has 0 spiro atoms. The number of rotatable bonds is 5. The van der Waals surface area contributed by atoms with Gasteiger partial charge >= 0.3 is 0 Å². The molecule has 0 aliphatic rings. The summed E-state index contributed by atoms with van der Waals surface area (Å²) in [6, 6.07) is 3.49. The topological polar surface area (TPSA) is 89.3 Å². The zero-order valence-electron chi connectivity index (χ0n) is 12.3. The summed E-state index contributed by atoms with van der Waals surface area (Å²) in [5.41, 5.74) is 0.590. The van der Waals surface area contributed by atoms with E-state index in [1.54, 1.807) is 0 Å². The van der Waals surface area contributed by atoms with Crippen molar-refractivity contribution in [3.05, 3.63) is 41.6 Å². The van der Waals surface area contributed by atoms with Crippen molar-refractivity contribution in [3.63, 3.8) is 0 Å². The summed E-state index contributed by atoms with van der Waals surface area (Å²) in [4.78, 5) is 11.0. The predicted octanol–water partition coefficient (Wildman–Crippen LogP) is 2.49. The smallest absolute Gasteiger partial charge is 0.242 e. The van der Waals surface area contributed by atoms with Crippen LogP contribution in [0.15, 0.2) is 33.7 Å². The summed E-state index contributed by atoms with van der Waals surface area (Å²) in [6.07, 6.45) is 0. The van der Waals surface area contributed by atoms with Gasteiger partial charge in [0.05, 0.1) is 5.69 Å². The minimum Gasteiger partial charge on any atom is -0.338 e. The van der Waals surface area contributed by atoms with Crippen molar-refractivity contribution in [2.75, 3.05) is 11.1 Å². The molecule has 1 heterocycles. The first-order valence-electron chi connectivity index (χ1n) is 6.63. The molecule has 6 nitrogen and oxygen atoms in total. The largest absolute Gasteiger partial charge is 0.338 e. The molecule has 0 saturated heterocycles. The first kappa shape index (κ1) is 17.1. The van der Waals surface area contributed by atoms with E-state index in [1.807, 2.05) is 13.8 Å². The first-order valence-corrected chi connectivity index (χ1v) is 8.28. The number of nitrogens with zero attached hydrogens (tertiary/aromatic N) is 1. The maximum atomic E-state index is 13.5. The van der Waals surface area contributed by atoms with E-state index in [1.165, 1.54) is 6.07 Å². The molecule has 1 aromatic carbocycles. The summed E-state index contributed by atoms with van der Waals surface area (Å²) in [7, 11) is -4.25. The van der Waals surface area contributed by atoms with Gasteiger partial charge in [-0.3, -0.25) is 10.1 Å². The lowest BCUT2D eigenvalue weighted by Gasteiger charge is -2.05. The van der Waals surface area contributed by atoms with E-state index in [2.05, 4.69) is 10.5 Å². The van der Waals surface area contributed by atoms with Crippen molar-refractivity contribution in [1.29, 1.82) is 0 Å². The molecule has 1 N–H and O–H groups in total. The average molecular weight is 344 g/mol. The number of carbonyl (C=O) groups excluding carboxylic acids is 1. The summed E-state index contributed by atoms with van der Waals surface area (Å²) in [5, 5.41) is 5.94. The van der Waals surface area contributed by atoms with Crippen LogP contribution in [-0.2, 0) is 14.6 Å². The van der Waals surface area contributed by atoms with Gasteiger partial charge in [0.2, 0.25) is 11.8 Å². The molecule has 1 aromatic heterocycles. The third kappa shape index (κ3) is 4.13. The van der Waals surface area contributed by atoms with E-state index in [4.69, 9.17) is 4.52 Å². The minimum absolute atomic E-state index is 0.00604. The predicted molar refractivity (Wildman–Crippen MR) is 77.6 cm³/mol. The maximum Gasteiger partial charge on any atom is 0.242 e. The molecule has 2 aromatic rings. The highest BCUT2D eigenvalue weighted by molar-refractivity contribution is 7.92. The van der Waals surface area contributed by atoms with Crippen LogP contribution in [0.3, 0.4) is 0 Å². The Hall–Kier alpha value is -2.29. The Morgan fingerprint density at radius 1 is 1.30 bits per heavy atom. The fraction of sp³-hybridized carbons (Fsp3) is 0.286. The Morgan fingerprint density at radius 3 is 2.57 bits per heavy atom. The van der Waals surface area contributed by atoms with Crippen molar-refractivity contribution in [3.8, 4) is 0 Å². The molecular formula is C14H14F2N2O4S. The Morgan fingerprint density at radius 2 is 2.00 bits per heavy atom. The normalized spacial score (nSPS) is 11.7. The molecular weight excluding hydrogens is 330 g/mol. The number of hydrogen-bond acceptors (Lipinski definition) is 5.